The maximum atomic E-state index is 12.3. The minimum absolute atomic E-state index is 0.132. The molecule has 1 aromatic carbocycles. The molecule has 2 N–H and O–H groups in total. The number of anilines is 1. The number of nitrogens with zero attached hydrogens (tertiary/aromatic N) is 4. The maximum Gasteiger partial charge on any atom is 0.357 e. The average molecular weight is 416 g/mol. The van der Waals surface area contributed by atoms with Crippen molar-refractivity contribution in [2.24, 2.45) is 0 Å². The molecule has 4 rings (SSSR count). The van der Waals surface area contributed by atoms with Gasteiger partial charge in [-0.05, 0) is 40.9 Å². The maximum absolute atomic E-state index is 12.3. The number of hydroxylamine groups is 2. The summed E-state index contributed by atoms with van der Waals surface area (Å²) in [4.78, 5) is 26.6. The Morgan fingerprint density at radius 1 is 1.31 bits per heavy atom. The summed E-state index contributed by atoms with van der Waals surface area (Å²) in [6.07, 6.45) is 5.40. The molecular weight excluding hydrogens is 398 g/mol. The fraction of sp³-hybridized carbons (Fsp3) is 0.278. The Bertz CT molecular complexity index is 943. The topological polar surface area (TPSA) is 85.7 Å². The van der Waals surface area contributed by atoms with Gasteiger partial charge in [-0.25, -0.2) is 14.8 Å². The average Bonchev–Trinajstić information content (AvgIpc) is 3.01. The van der Waals surface area contributed by atoms with Crippen LogP contribution in [0, 0.1) is 0 Å². The molecule has 0 unspecified atom stereocenters. The number of benzene rings is 1. The first kappa shape index (κ1) is 17.0. The standard InChI is InChI=1S/C18H18BrN5O2/c19-15-14-16(20)21-8-10-24(14)17(22-15)13-7-4-9-23(11-13)26-18(25)12-5-2-1-3-6-12/h1-3,5-6,8,10,13H,4,7,9,11H2,(H2,20,21)/t13-/m1/s1. The molecule has 2 aromatic heterocycles. The number of carbonyl (C=O) groups is 1. The van der Waals surface area contributed by atoms with Gasteiger partial charge in [0.25, 0.3) is 0 Å². The summed E-state index contributed by atoms with van der Waals surface area (Å²) in [6, 6.07) is 9.01. The number of nitrogen functional groups attached to an aromatic ring is 1. The van der Waals surface area contributed by atoms with E-state index in [1.54, 1.807) is 23.4 Å². The van der Waals surface area contributed by atoms with Crippen molar-refractivity contribution in [2.75, 3.05) is 18.8 Å². The van der Waals surface area contributed by atoms with Crippen molar-refractivity contribution in [3.05, 3.63) is 58.7 Å². The van der Waals surface area contributed by atoms with Crippen molar-refractivity contribution >= 4 is 33.2 Å². The molecule has 0 saturated carbocycles. The Hall–Kier alpha value is -2.45. The normalized spacial score (nSPS) is 18.1. The van der Waals surface area contributed by atoms with Crippen LogP contribution in [0.4, 0.5) is 5.82 Å². The van der Waals surface area contributed by atoms with E-state index in [0.29, 0.717) is 29.1 Å². The Morgan fingerprint density at radius 3 is 2.92 bits per heavy atom. The molecule has 7 nitrogen and oxygen atoms in total. The zero-order chi connectivity index (χ0) is 18.1. The molecule has 134 valence electrons. The van der Waals surface area contributed by atoms with Crippen molar-refractivity contribution in [3.63, 3.8) is 0 Å². The lowest BCUT2D eigenvalue weighted by Gasteiger charge is -2.30. The SMILES string of the molecule is Nc1nccn2c([C@@H]3CCCN(OC(=O)c4ccccc4)C3)nc(Br)c12. The summed E-state index contributed by atoms with van der Waals surface area (Å²) in [6.45, 7) is 1.30. The highest BCUT2D eigenvalue weighted by Crippen LogP contribution is 2.31. The van der Waals surface area contributed by atoms with E-state index in [-0.39, 0.29) is 11.9 Å². The quantitative estimate of drug-likeness (QED) is 0.707. The van der Waals surface area contributed by atoms with Crippen molar-refractivity contribution < 1.29 is 9.63 Å². The molecule has 3 heterocycles. The lowest BCUT2D eigenvalue weighted by Crippen LogP contribution is -2.36. The van der Waals surface area contributed by atoms with Gasteiger partial charge in [-0.2, -0.15) is 0 Å². The lowest BCUT2D eigenvalue weighted by molar-refractivity contribution is -0.124. The third kappa shape index (κ3) is 3.17. The van der Waals surface area contributed by atoms with E-state index in [0.717, 1.165) is 24.2 Å². The molecule has 0 amide bonds. The van der Waals surface area contributed by atoms with Crippen LogP contribution >= 0.6 is 15.9 Å². The summed E-state index contributed by atoms with van der Waals surface area (Å²) in [7, 11) is 0. The van der Waals surface area contributed by atoms with Gasteiger partial charge in [0.15, 0.2) is 5.82 Å². The number of hydrogen-bond acceptors (Lipinski definition) is 6. The van der Waals surface area contributed by atoms with E-state index in [1.165, 1.54) is 0 Å². The number of hydrogen-bond donors (Lipinski definition) is 1. The fourth-order valence-electron chi connectivity index (χ4n) is 3.31. The van der Waals surface area contributed by atoms with E-state index >= 15 is 0 Å². The molecule has 3 aromatic rings. The van der Waals surface area contributed by atoms with Crippen molar-refractivity contribution in [1.82, 2.24) is 19.4 Å². The smallest absolute Gasteiger partial charge is 0.357 e. The molecule has 0 spiro atoms. The van der Waals surface area contributed by atoms with E-state index in [1.807, 2.05) is 28.8 Å². The van der Waals surface area contributed by atoms with Crippen molar-refractivity contribution in [3.8, 4) is 0 Å². The van der Waals surface area contributed by atoms with Gasteiger partial charge in [0.1, 0.15) is 15.9 Å². The second kappa shape index (κ2) is 7.05. The van der Waals surface area contributed by atoms with Gasteiger partial charge in [0.05, 0.1) is 5.56 Å². The van der Waals surface area contributed by atoms with Crippen LogP contribution in [0.3, 0.4) is 0 Å². The van der Waals surface area contributed by atoms with Crippen LogP contribution in [0.1, 0.15) is 34.9 Å². The van der Waals surface area contributed by atoms with Crippen molar-refractivity contribution in [2.45, 2.75) is 18.8 Å². The molecule has 1 fully saturated rings. The number of halogens is 1. The third-order valence-electron chi connectivity index (χ3n) is 4.54. The highest BCUT2D eigenvalue weighted by molar-refractivity contribution is 9.10. The van der Waals surface area contributed by atoms with Crippen LogP contribution in [0.25, 0.3) is 5.52 Å². The molecule has 0 bridgehead atoms. The van der Waals surface area contributed by atoms with E-state index in [2.05, 4.69) is 25.9 Å². The summed E-state index contributed by atoms with van der Waals surface area (Å²) < 4.78 is 2.64. The van der Waals surface area contributed by atoms with Crippen LogP contribution in [0.15, 0.2) is 47.3 Å². The highest BCUT2D eigenvalue weighted by Gasteiger charge is 2.28. The Morgan fingerprint density at radius 2 is 2.12 bits per heavy atom. The Labute approximate surface area is 158 Å². The summed E-state index contributed by atoms with van der Waals surface area (Å²) >= 11 is 3.47. The second-order valence-electron chi connectivity index (χ2n) is 6.26. The predicted molar refractivity (Wildman–Crippen MR) is 101 cm³/mol. The van der Waals surface area contributed by atoms with Gasteiger partial charge in [-0.3, -0.25) is 4.40 Å². The largest absolute Gasteiger partial charge is 0.382 e. The minimum Gasteiger partial charge on any atom is -0.382 e. The monoisotopic (exact) mass is 415 g/mol. The Balaban J connectivity index is 1.54. The lowest BCUT2D eigenvalue weighted by atomic mass is 9.98. The predicted octanol–water partition coefficient (Wildman–Crippen LogP) is 3.03. The summed E-state index contributed by atoms with van der Waals surface area (Å²) in [5.41, 5.74) is 7.28. The number of fused-ring (bicyclic) bond motifs is 1. The van der Waals surface area contributed by atoms with Crippen LogP contribution < -0.4 is 5.73 Å². The van der Waals surface area contributed by atoms with Gasteiger partial charge in [0, 0.05) is 31.4 Å². The molecule has 0 aliphatic carbocycles. The molecule has 1 atom stereocenters. The minimum atomic E-state index is -0.339. The van der Waals surface area contributed by atoms with E-state index in [9.17, 15) is 4.79 Å². The van der Waals surface area contributed by atoms with E-state index in [4.69, 9.17) is 10.6 Å². The molecule has 1 saturated heterocycles. The van der Waals surface area contributed by atoms with Crippen LogP contribution in [0.2, 0.25) is 0 Å². The fourth-order valence-corrected chi connectivity index (χ4v) is 3.89. The first-order chi connectivity index (χ1) is 12.6. The van der Waals surface area contributed by atoms with Crippen LogP contribution in [-0.2, 0) is 4.84 Å². The molecule has 0 radical (unpaired) electrons. The molecular formula is C18H18BrN5O2. The van der Waals surface area contributed by atoms with Gasteiger partial charge < -0.3 is 10.6 Å². The van der Waals surface area contributed by atoms with E-state index < -0.39 is 0 Å². The zero-order valence-electron chi connectivity index (χ0n) is 14.0. The molecule has 1 aliphatic rings. The number of carbonyl (C=O) groups excluding carboxylic acids is 1. The number of rotatable bonds is 3. The first-order valence-electron chi connectivity index (χ1n) is 8.43. The second-order valence-corrected chi connectivity index (χ2v) is 7.01. The highest BCUT2D eigenvalue weighted by atomic mass is 79.9. The number of aromatic nitrogens is 3. The van der Waals surface area contributed by atoms with Crippen LogP contribution in [0.5, 0.6) is 0 Å². The molecule has 1 aliphatic heterocycles. The number of nitrogens with two attached hydrogens (primary N) is 1. The third-order valence-corrected chi connectivity index (χ3v) is 5.09. The van der Waals surface area contributed by atoms with Crippen molar-refractivity contribution in [1.29, 1.82) is 0 Å². The molecule has 8 heteroatoms. The van der Waals surface area contributed by atoms with Gasteiger partial charge in [-0.15, -0.1) is 5.06 Å². The van der Waals surface area contributed by atoms with Gasteiger partial charge in [0.2, 0.25) is 0 Å². The van der Waals surface area contributed by atoms with Crippen LogP contribution in [-0.4, -0.2) is 38.5 Å². The molecule has 26 heavy (non-hydrogen) atoms. The summed E-state index contributed by atoms with van der Waals surface area (Å²) in [5, 5.41) is 1.73. The summed E-state index contributed by atoms with van der Waals surface area (Å²) in [5.74, 6) is 1.12. The van der Waals surface area contributed by atoms with Gasteiger partial charge >= 0.3 is 5.97 Å². The Kier molecular flexibility index (Phi) is 4.60. The number of imidazole rings is 1. The van der Waals surface area contributed by atoms with Gasteiger partial charge in [-0.1, -0.05) is 18.2 Å². The zero-order valence-corrected chi connectivity index (χ0v) is 15.6. The number of piperidine rings is 1. The first-order valence-corrected chi connectivity index (χ1v) is 9.23.